The van der Waals surface area contributed by atoms with Crippen molar-refractivity contribution in [3.05, 3.63) is 0 Å². The fourth-order valence-corrected chi connectivity index (χ4v) is 7.01. The van der Waals surface area contributed by atoms with E-state index in [1.165, 1.54) is 199 Å². The second kappa shape index (κ2) is 39.8. The molecule has 0 radical (unpaired) electrons. The van der Waals surface area contributed by atoms with Crippen LogP contribution in [0.4, 0.5) is 0 Å². The maximum absolute atomic E-state index is 12.3. The molecule has 0 aliphatic heterocycles. The SMILES string of the molecule is CCCCCCCCCCCCCCCCCCCCCCCCCCCCC(O)C(CO)NC(=O)CCCCCCCCCCC. The van der Waals surface area contributed by atoms with Crippen molar-refractivity contribution >= 4 is 5.91 Å². The molecule has 0 aromatic carbocycles. The third-order valence-electron chi connectivity index (χ3n) is 10.4. The highest BCUT2D eigenvalue weighted by Gasteiger charge is 2.20. The van der Waals surface area contributed by atoms with Gasteiger partial charge in [-0.2, -0.15) is 0 Å². The molecule has 0 saturated heterocycles. The lowest BCUT2D eigenvalue weighted by Crippen LogP contribution is -2.45. The van der Waals surface area contributed by atoms with Crippen LogP contribution in [-0.2, 0) is 4.79 Å². The second-order valence-electron chi connectivity index (χ2n) is 15.1. The molecule has 4 heteroatoms. The summed E-state index contributed by atoms with van der Waals surface area (Å²) in [6.45, 7) is 4.35. The first-order valence-electron chi connectivity index (χ1n) is 21.7. The Balaban J connectivity index is 3.38. The molecule has 1 amide bonds. The fraction of sp³-hybridized carbons (Fsp3) is 0.977. The highest BCUT2D eigenvalue weighted by Crippen LogP contribution is 2.17. The molecule has 0 bridgehead atoms. The number of rotatable bonds is 40. The molecular formula is C43H87NO3. The zero-order valence-electron chi connectivity index (χ0n) is 32.3. The average Bonchev–Trinajstić information content (AvgIpc) is 3.07. The molecule has 4 nitrogen and oxygen atoms in total. The van der Waals surface area contributed by atoms with Gasteiger partial charge in [0, 0.05) is 6.42 Å². The van der Waals surface area contributed by atoms with Gasteiger partial charge in [-0.15, -0.1) is 0 Å². The number of carbonyl (C=O) groups excluding carboxylic acids is 1. The molecule has 0 aromatic rings. The van der Waals surface area contributed by atoms with E-state index in [1.54, 1.807) is 0 Å². The highest BCUT2D eigenvalue weighted by atomic mass is 16.3. The number of aliphatic hydroxyl groups is 2. The maximum Gasteiger partial charge on any atom is 0.220 e. The monoisotopic (exact) mass is 666 g/mol. The Labute approximate surface area is 295 Å². The van der Waals surface area contributed by atoms with Crippen molar-refractivity contribution in [2.75, 3.05) is 6.61 Å². The molecule has 0 saturated carbocycles. The number of amides is 1. The van der Waals surface area contributed by atoms with E-state index in [0.717, 1.165) is 25.7 Å². The smallest absolute Gasteiger partial charge is 0.220 e. The number of nitrogens with one attached hydrogen (secondary N) is 1. The minimum Gasteiger partial charge on any atom is -0.394 e. The standard InChI is InChI=1S/C43H87NO3/c1-3-5-7-9-11-13-14-15-16-17-18-19-20-21-22-23-24-25-26-27-28-29-31-32-34-36-38-42(46)41(40-45)44-43(47)39-37-35-33-30-12-10-8-6-4-2/h41-42,45-46H,3-40H2,1-2H3,(H,44,47). The van der Waals surface area contributed by atoms with E-state index in [-0.39, 0.29) is 12.5 Å². The van der Waals surface area contributed by atoms with Gasteiger partial charge in [-0.3, -0.25) is 4.79 Å². The quantitative estimate of drug-likeness (QED) is 0.0570. The molecule has 47 heavy (non-hydrogen) atoms. The Hall–Kier alpha value is -0.610. The third kappa shape index (κ3) is 36.5. The van der Waals surface area contributed by atoms with Gasteiger partial charge in [-0.05, 0) is 12.8 Å². The first kappa shape index (κ1) is 46.4. The first-order chi connectivity index (χ1) is 23.2. The molecule has 2 unspecified atom stereocenters. The average molecular weight is 666 g/mol. The zero-order valence-corrected chi connectivity index (χ0v) is 32.3. The Morgan fingerprint density at radius 2 is 0.681 bits per heavy atom. The highest BCUT2D eigenvalue weighted by molar-refractivity contribution is 5.76. The number of unbranched alkanes of at least 4 members (excludes halogenated alkanes) is 33. The maximum atomic E-state index is 12.3. The summed E-state index contributed by atoms with van der Waals surface area (Å²) in [5, 5.41) is 23.1. The van der Waals surface area contributed by atoms with E-state index in [4.69, 9.17) is 0 Å². The van der Waals surface area contributed by atoms with Crippen LogP contribution in [0.2, 0.25) is 0 Å². The van der Waals surface area contributed by atoms with Gasteiger partial charge >= 0.3 is 0 Å². The summed E-state index contributed by atoms with van der Waals surface area (Å²) >= 11 is 0. The minimum atomic E-state index is -0.651. The van der Waals surface area contributed by atoms with Gasteiger partial charge in [0.05, 0.1) is 18.8 Å². The molecule has 0 fully saturated rings. The van der Waals surface area contributed by atoms with Crippen molar-refractivity contribution in [2.45, 2.75) is 264 Å². The van der Waals surface area contributed by atoms with Gasteiger partial charge in [-0.1, -0.05) is 232 Å². The lowest BCUT2D eigenvalue weighted by molar-refractivity contribution is -0.123. The van der Waals surface area contributed by atoms with Crippen LogP contribution in [-0.4, -0.2) is 34.9 Å². The van der Waals surface area contributed by atoms with Crippen molar-refractivity contribution in [3.63, 3.8) is 0 Å². The lowest BCUT2D eigenvalue weighted by Gasteiger charge is -2.22. The molecule has 3 N–H and O–H groups in total. The molecule has 0 spiro atoms. The van der Waals surface area contributed by atoms with Crippen LogP contribution in [0.1, 0.15) is 251 Å². The normalized spacial score (nSPS) is 12.9. The first-order valence-corrected chi connectivity index (χ1v) is 21.7. The van der Waals surface area contributed by atoms with Crippen LogP contribution in [0.15, 0.2) is 0 Å². The molecule has 0 heterocycles. The van der Waals surface area contributed by atoms with Gasteiger partial charge in [0.25, 0.3) is 0 Å². The van der Waals surface area contributed by atoms with Crippen molar-refractivity contribution in [1.29, 1.82) is 0 Å². The Kier molecular flexibility index (Phi) is 39.3. The molecule has 0 aromatic heterocycles. The zero-order chi connectivity index (χ0) is 34.3. The molecule has 0 aliphatic rings. The molecular weight excluding hydrogens is 578 g/mol. The van der Waals surface area contributed by atoms with E-state index in [1.807, 2.05) is 0 Å². The number of aliphatic hydroxyl groups excluding tert-OH is 2. The summed E-state index contributed by atoms with van der Waals surface area (Å²) in [6.07, 6.45) is 47.7. The van der Waals surface area contributed by atoms with Crippen molar-refractivity contribution < 1.29 is 15.0 Å². The van der Waals surface area contributed by atoms with Crippen molar-refractivity contribution in [2.24, 2.45) is 0 Å². The van der Waals surface area contributed by atoms with Crippen molar-refractivity contribution in [1.82, 2.24) is 5.32 Å². The van der Waals surface area contributed by atoms with Crippen LogP contribution in [0.25, 0.3) is 0 Å². The van der Waals surface area contributed by atoms with Crippen molar-refractivity contribution in [3.8, 4) is 0 Å². The van der Waals surface area contributed by atoms with Crippen LogP contribution >= 0.6 is 0 Å². The summed E-state index contributed by atoms with van der Waals surface area (Å²) < 4.78 is 0. The van der Waals surface area contributed by atoms with Crippen LogP contribution in [0.5, 0.6) is 0 Å². The Morgan fingerprint density at radius 1 is 0.426 bits per heavy atom. The van der Waals surface area contributed by atoms with E-state index in [2.05, 4.69) is 19.2 Å². The summed E-state index contributed by atoms with van der Waals surface area (Å²) in [6, 6.07) is -0.528. The number of hydrogen-bond donors (Lipinski definition) is 3. The molecule has 282 valence electrons. The van der Waals surface area contributed by atoms with Gasteiger partial charge in [0.2, 0.25) is 5.91 Å². The van der Waals surface area contributed by atoms with Gasteiger partial charge in [0.15, 0.2) is 0 Å². The van der Waals surface area contributed by atoms with Crippen LogP contribution < -0.4 is 5.32 Å². The van der Waals surface area contributed by atoms with Crippen LogP contribution in [0, 0.1) is 0 Å². The topological polar surface area (TPSA) is 69.6 Å². The van der Waals surface area contributed by atoms with E-state index < -0.39 is 12.1 Å². The van der Waals surface area contributed by atoms with E-state index in [9.17, 15) is 15.0 Å². The second-order valence-corrected chi connectivity index (χ2v) is 15.1. The lowest BCUT2D eigenvalue weighted by atomic mass is 10.0. The summed E-state index contributed by atoms with van der Waals surface area (Å²) in [7, 11) is 0. The Morgan fingerprint density at radius 3 is 0.957 bits per heavy atom. The van der Waals surface area contributed by atoms with Gasteiger partial charge < -0.3 is 15.5 Å². The summed E-state index contributed by atoms with van der Waals surface area (Å²) in [5.74, 6) is -0.0314. The predicted octanol–water partition coefficient (Wildman–Crippen LogP) is 13.3. The number of carbonyl (C=O) groups is 1. The van der Waals surface area contributed by atoms with Gasteiger partial charge in [-0.25, -0.2) is 0 Å². The molecule has 0 rings (SSSR count). The molecule has 0 aliphatic carbocycles. The number of hydrogen-bond acceptors (Lipinski definition) is 3. The minimum absolute atomic E-state index is 0.0314. The van der Waals surface area contributed by atoms with E-state index in [0.29, 0.717) is 12.8 Å². The van der Waals surface area contributed by atoms with Gasteiger partial charge in [0.1, 0.15) is 0 Å². The largest absolute Gasteiger partial charge is 0.394 e. The van der Waals surface area contributed by atoms with Crippen LogP contribution in [0.3, 0.4) is 0 Å². The molecule has 2 atom stereocenters. The summed E-state index contributed by atoms with van der Waals surface area (Å²) in [4.78, 5) is 12.3. The fourth-order valence-electron chi connectivity index (χ4n) is 7.01. The summed E-state index contributed by atoms with van der Waals surface area (Å²) in [5.41, 5.74) is 0. The predicted molar refractivity (Wildman–Crippen MR) is 207 cm³/mol. The van der Waals surface area contributed by atoms with E-state index >= 15 is 0 Å². The Bertz CT molecular complexity index is 598. The third-order valence-corrected chi connectivity index (χ3v) is 10.4.